The van der Waals surface area contributed by atoms with Crippen LogP contribution in [0.4, 0.5) is 9.93 Å². The number of carbonyl (C=O) groups excluding carboxylic acids is 2. The Bertz CT molecular complexity index is 1090. The van der Waals surface area contributed by atoms with E-state index in [-0.39, 0.29) is 11.8 Å². The highest BCUT2D eigenvalue weighted by atomic mass is 35.5. The highest BCUT2D eigenvalue weighted by Crippen LogP contribution is 2.44. The summed E-state index contributed by atoms with van der Waals surface area (Å²) < 4.78 is 11.5. The van der Waals surface area contributed by atoms with Crippen LogP contribution in [0, 0.1) is 0 Å². The molecule has 0 spiro atoms. The quantitative estimate of drug-likeness (QED) is 0.649. The molecule has 1 aliphatic carbocycles. The van der Waals surface area contributed by atoms with Crippen LogP contribution in [0.15, 0.2) is 24.3 Å². The van der Waals surface area contributed by atoms with Gasteiger partial charge in [0, 0.05) is 12.5 Å². The van der Waals surface area contributed by atoms with Crippen LogP contribution in [0.25, 0.3) is 16.3 Å². The van der Waals surface area contributed by atoms with Crippen molar-refractivity contribution in [1.29, 1.82) is 0 Å². The fourth-order valence-corrected chi connectivity index (χ4v) is 4.37. The van der Waals surface area contributed by atoms with Crippen molar-refractivity contribution in [2.45, 2.75) is 19.8 Å². The Labute approximate surface area is 169 Å². The fraction of sp³-hybridized carbons (Fsp3) is 0.222. The van der Waals surface area contributed by atoms with Gasteiger partial charge >= 0.3 is 6.16 Å². The van der Waals surface area contributed by atoms with E-state index in [1.165, 1.54) is 25.4 Å². The van der Waals surface area contributed by atoms with Gasteiger partial charge in [-0.25, -0.2) is 14.5 Å². The molecule has 28 heavy (non-hydrogen) atoms. The second-order valence-electron chi connectivity index (χ2n) is 6.03. The molecule has 0 atom stereocenters. The molecule has 10 heteroatoms. The van der Waals surface area contributed by atoms with Gasteiger partial charge in [-0.1, -0.05) is 35.1 Å². The zero-order chi connectivity index (χ0) is 19.8. The minimum atomic E-state index is -0.847. The van der Waals surface area contributed by atoms with Crippen LogP contribution in [0.1, 0.15) is 18.2 Å². The first-order valence-corrected chi connectivity index (χ1v) is 9.57. The van der Waals surface area contributed by atoms with Crippen LogP contribution in [-0.4, -0.2) is 33.9 Å². The SMILES string of the molecule is COC(=O)Oc1nn(-c2ccccc2Cl)c2c1CCc1nc(NC(C)=O)sc1-2. The summed E-state index contributed by atoms with van der Waals surface area (Å²) in [6.07, 6.45) is 0.354. The van der Waals surface area contributed by atoms with Crippen molar-refractivity contribution in [1.82, 2.24) is 14.8 Å². The monoisotopic (exact) mass is 418 g/mol. The second-order valence-corrected chi connectivity index (χ2v) is 7.43. The number of anilines is 1. The molecule has 4 rings (SSSR count). The van der Waals surface area contributed by atoms with Crippen molar-refractivity contribution in [3.8, 4) is 22.1 Å². The van der Waals surface area contributed by atoms with Crippen LogP contribution in [-0.2, 0) is 22.4 Å². The van der Waals surface area contributed by atoms with E-state index < -0.39 is 6.16 Å². The molecule has 144 valence electrons. The topological polar surface area (TPSA) is 95.3 Å². The number of ether oxygens (including phenoxy) is 2. The van der Waals surface area contributed by atoms with Crippen molar-refractivity contribution in [3.05, 3.63) is 40.5 Å². The number of benzene rings is 1. The summed E-state index contributed by atoms with van der Waals surface area (Å²) >= 11 is 7.72. The number of thiazole rings is 1. The van der Waals surface area contributed by atoms with Crippen molar-refractivity contribution < 1.29 is 19.1 Å². The molecule has 0 fully saturated rings. The van der Waals surface area contributed by atoms with Crippen molar-refractivity contribution in [2.75, 3.05) is 12.4 Å². The van der Waals surface area contributed by atoms with Crippen LogP contribution in [0.3, 0.4) is 0 Å². The number of fused-ring (bicyclic) bond motifs is 3. The minimum absolute atomic E-state index is 0.168. The lowest BCUT2D eigenvalue weighted by atomic mass is 9.99. The van der Waals surface area contributed by atoms with E-state index in [1.54, 1.807) is 10.7 Å². The van der Waals surface area contributed by atoms with E-state index in [4.69, 9.17) is 16.3 Å². The summed E-state index contributed by atoms with van der Waals surface area (Å²) in [4.78, 5) is 28.4. The van der Waals surface area contributed by atoms with Gasteiger partial charge in [0.25, 0.3) is 0 Å². The molecule has 0 saturated heterocycles. The Morgan fingerprint density at radius 3 is 2.79 bits per heavy atom. The second kappa shape index (κ2) is 7.25. The molecule has 0 bridgehead atoms. The molecule has 1 amide bonds. The first-order chi connectivity index (χ1) is 13.5. The number of hydrogen-bond donors (Lipinski definition) is 1. The lowest BCUT2D eigenvalue weighted by Crippen LogP contribution is -2.10. The maximum absolute atomic E-state index is 11.7. The normalized spacial score (nSPS) is 12.1. The third-order valence-electron chi connectivity index (χ3n) is 4.18. The zero-order valence-corrected chi connectivity index (χ0v) is 16.6. The van der Waals surface area contributed by atoms with Crippen molar-refractivity contribution in [2.24, 2.45) is 0 Å². The van der Waals surface area contributed by atoms with E-state index >= 15 is 0 Å². The number of aryl methyl sites for hydroxylation is 1. The van der Waals surface area contributed by atoms with Gasteiger partial charge in [-0.2, -0.15) is 0 Å². The number of methoxy groups -OCH3 is 1. The number of amides is 1. The maximum atomic E-state index is 11.7. The molecule has 3 aromatic rings. The average Bonchev–Trinajstić information content (AvgIpc) is 3.22. The molecule has 1 aromatic carbocycles. The van der Waals surface area contributed by atoms with Crippen molar-refractivity contribution >= 4 is 40.1 Å². The molecule has 8 nitrogen and oxygen atoms in total. The molecule has 0 unspecified atom stereocenters. The van der Waals surface area contributed by atoms with Gasteiger partial charge in [-0.15, -0.1) is 5.10 Å². The van der Waals surface area contributed by atoms with Crippen LogP contribution in [0.5, 0.6) is 5.88 Å². The first-order valence-electron chi connectivity index (χ1n) is 8.38. The van der Waals surface area contributed by atoms with Gasteiger partial charge in [0.15, 0.2) is 5.13 Å². The van der Waals surface area contributed by atoms with E-state index in [0.29, 0.717) is 28.7 Å². The summed E-state index contributed by atoms with van der Waals surface area (Å²) in [7, 11) is 1.24. The van der Waals surface area contributed by atoms with Crippen molar-refractivity contribution in [3.63, 3.8) is 0 Å². The summed E-state index contributed by atoms with van der Waals surface area (Å²) in [6.45, 7) is 1.43. The lowest BCUT2D eigenvalue weighted by molar-refractivity contribution is -0.114. The van der Waals surface area contributed by atoms with Crippen LogP contribution >= 0.6 is 22.9 Å². The largest absolute Gasteiger partial charge is 0.514 e. The molecule has 0 radical (unpaired) electrons. The molecule has 1 aliphatic rings. The summed E-state index contributed by atoms with van der Waals surface area (Å²) in [5, 5.41) is 8.20. The standard InChI is InChI=1S/C18H15ClN4O4S/c1-9(24)20-17-21-12-8-7-10-14(15(12)28-17)23(13-6-4-3-5-11(13)19)22-16(10)27-18(25)26-2/h3-6H,7-8H2,1-2H3,(H,20,21,24). The number of nitrogens with zero attached hydrogens (tertiary/aromatic N) is 3. The predicted molar refractivity (Wildman–Crippen MR) is 104 cm³/mol. The number of para-hydroxylation sites is 1. The van der Waals surface area contributed by atoms with Crippen LogP contribution < -0.4 is 10.1 Å². The predicted octanol–water partition coefficient (Wildman–Crippen LogP) is 3.85. The van der Waals surface area contributed by atoms with Gasteiger partial charge < -0.3 is 14.8 Å². The number of aromatic nitrogens is 3. The number of carbonyl (C=O) groups is 2. The molecule has 1 N–H and O–H groups in total. The zero-order valence-electron chi connectivity index (χ0n) is 15.0. The lowest BCUT2D eigenvalue weighted by Gasteiger charge is -2.14. The third kappa shape index (κ3) is 3.23. The first kappa shape index (κ1) is 18.5. The Morgan fingerprint density at radius 2 is 2.07 bits per heavy atom. The highest BCUT2D eigenvalue weighted by Gasteiger charge is 2.31. The van der Waals surface area contributed by atoms with E-state index in [2.05, 4.69) is 20.1 Å². The smallest absolute Gasteiger partial charge is 0.437 e. The van der Waals surface area contributed by atoms with E-state index in [0.717, 1.165) is 21.8 Å². The number of rotatable bonds is 3. The fourth-order valence-electron chi connectivity index (χ4n) is 3.04. The third-order valence-corrected chi connectivity index (χ3v) is 5.52. The molecule has 2 aromatic heterocycles. The molecular formula is C18H15ClN4O4S. The Hall–Kier alpha value is -2.91. The summed E-state index contributed by atoms with van der Waals surface area (Å²) in [6, 6.07) is 7.24. The maximum Gasteiger partial charge on any atom is 0.514 e. The van der Waals surface area contributed by atoms with Gasteiger partial charge in [0.05, 0.1) is 34.1 Å². The minimum Gasteiger partial charge on any atom is -0.437 e. The Morgan fingerprint density at radius 1 is 1.29 bits per heavy atom. The van der Waals surface area contributed by atoms with Crippen LogP contribution in [0.2, 0.25) is 5.02 Å². The summed E-state index contributed by atoms with van der Waals surface area (Å²) in [5.74, 6) is -0.0254. The van der Waals surface area contributed by atoms with E-state index in [9.17, 15) is 9.59 Å². The number of nitrogens with one attached hydrogen (secondary N) is 1. The number of hydrogen-bond acceptors (Lipinski definition) is 7. The molecule has 0 aliphatic heterocycles. The van der Waals surface area contributed by atoms with Gasteiger partial charge in [-0.3, -0.25) is 4.79 Å². The van der Waals surface area contributed by atoms with Gasteiger partial charge in [-0.05, 0) is 25.0 Å². The average molecular weight is 419 g/mol. The Kier molecular flexibility index (Phi) is 4.78. The Balaban J connectivity index is 1.91. The highest BCUT2D eigenvalue weighted by molar-refractivity contribution is 7.19. The molecule has 0 saturated carbocycles. The molecular weight excluding hydrogens is 404 g/mol. The van der Waals surface area contributed by atoms with Gasteiger partial charge in [0.1, 0.15) is 0 Å². The number of halogens is 1. The summed E-state index contributed by atoms with van der Waals surface area (Å²) in [5.41, 5.74) is 2.99. The van der Waals surface area contributed by atoms with Gasteiger partial charge in [0.2, 0.25) is 11.8 Å². The van der Waals surface area contributed by atoms with E-state index in [1.807, 2.05) is 18.2 Å². The molecule has 2 heterocycles.